The molecular formula is C12H18O5Si. The lowest BCUT2D eigenvalue weighted by atomic mass is 10.1. The molecule has 0 radical (unpaired) electrons. The molecule has 1 aromatic carbocycles. The number of rotatable bonds is 7. The van der Waals surface area contributed by atoms with Gasteiger partial charge in [-0.25, -0.2) is 0 Å². The third kappa shape index (κ3) is 3.39. The minimum Gasteiger partial charge on any atom is -0.481 e. The average molecular weight is 270 g/mol. The number of aryl methyl sites for hydroxylation is 1. The molecule has 0 bridgehead atoms. The summed E-state index contributed by atoms with van der Waals surface area (Å²) < 4.78 is 16.1. The fourth-order valence-corrected chi connectivity index (χ4v) is 3.51. The van der Waals surface area contributed by atoms with Crippen LogP contribution in [0.15, 0.2) is 24.3 Å². The Labute approximate surface area is 108 Å². The minimum absolute atomic E-state index is 0.126. The second-order valence-electron chi connectivity index (χ2n) is 3.76. The molecule has 0 aliphatic heterocycles. The monoisotopic (exact) mass is 270 g/mol. The maximum atomic E-state index is 10.5. The molecule has 1 rings (SSSR count). The van der Waals surface area contributed by atoms with E-state index in [0.29, 0.717) is 6.42 Å². The van der Waals surface area contributed by atoms with Crippen LogP contribution in [0.1, 0.15) is 12.0 Å². The topological polar surface area (TPSA) is 65.0 Å². The van der Waals surface area contributed by atoms with Crippen LogP contribution < -0.4 is 5.19 Å². The zero-order chi connectivity index (χ0) is 13.6. The third-order valence-electron chi connectivity index (χ3n) is 2.74. The summed E-state index contributed by atoms with van der Waals surface area (Å²) in [5, 5.41) is 9.48. The highest BCUT2D eigenvalue weighted by atomic mass is 28.4. The molecular weight excluding hydrogens is 252 g/mol. The molecule has 0 aromatic heterocycles. The number of carbonyl (C=O) groups is 1. The lowest BCUT2D eigenvalue weighted by molar-refractivity contribution is -0.136. The summed E-state index contributed by atoms with van der Waals surface area (Å²) in [6, 6.07) is 7.47. The summed E-state index contributed by atoms with van der Waals surface area (Å²) in [5.41, 5.74) is 0.965. The van der Waals surface area contributed by atoms with E-state index in [-0.39, 0.29) is 6.42 Å². The van der Waals surface area contributed by atoms with E-state index in [2.05, 4.69) is 0 Å². The Hall–Kier alpha value is -1.21. The number of benzene rings is 1. The van der Waals surface area contributed by atoms with Gasteiger partial charge in [0.15, 0.2) is 0 Å². The molecule has 1 aromatic rings. The third-order valence-corrected chi connectivity index (χ3v) is 5.39. The Bertz CT molecular complexity index is 378. The predicted molar refractivity (Wildman–Crippen MR) is 68.8 cm³/mol. The summed E-state index contributed by atoms with van der Waals surface area (Å²) in [6.07, 6.45) is 0.637. The summed E-state index contributed by atoms with van der Waals surface area (Å²) in [5.74, 6) is -0.798. The van der Waals surface area contributed by atoms with Crippen LogP contribution in [-0.4, -0.2) is 41.2 Å². The lowest BCUT2D eigenvalue weighted by Crippen LogP contribution is -2.54. The van der Waals surface area contributed by atoms with E-state index in [9.17, 15) is 4.79 Å². The highest BCUT2D eigenvalue weighted by Crippen LogP contribution is 2.09. The minimum atomic E-state index is -2.78. The first-order chi connectivity index (χ1) is 8.57. The highest BCUT2D eigenvalue weighted by Gasteiger charge is 2.40. The Balaban J connectivity index is 2.84. The van der Waals surface area contributed by atoms with Crippen LogP contribution in [0.4, 0.5) is 0 Å². The molecule has 0 amide bonds. The van der Waals surface area contributed by atoms with Crippen LogP contribution in [0.2, 0.25) is 0 Å². The van der Waals surface area contributed by atoms with Gasteiger partial charge in [-0.1, -0.05) is 24.3 Å². The molecule has 6 heteroatoms. The first-order valence-corrected chi connectivity index (χ1v) is 7.27. The molecule has 0 fully saturated rings. The first kappa shape index (κ1) is 14.8. The van der Waals surface area contributed by atoms with Crippen molar-refractivity contribution in [1.82, 2.24) is 0 Å². The van der Waals surface area contributed by atoms with Gasteiger partial charge in [-0.2, -0.15) is 0 Å². The van der Waals surface area contributed by atoms with Gasteiger partial charge < -0.3 is 18.4 Å². The fourth-order valence-electron chi connectivity index (χ4n) is 1.73. The van der Waals surface area contributed by atoms with Crippen molar-refractivity contribution in [1.29, 1.82) is 0 Å². The maximum absolute atomic E-state index is 10.5. The highest BCUT2D eigenvalue weighted by molar-refractivity contribution is 6.75. The molecule has 0 saturated carbocycles. The van der Waals surface area contributed by atoms with Crippen LogP contribution in [-0.2, 0) is 24.5 Å². The lowest BCUT2D eigenvalue weighted by Gasteiger charge is -2.24. The van der Waals surface area contributed by atoms with Crippen molar-refractivity contribution in [2.24, 2.45) is 0 Å². The average Bonchev–Trinajstić information content (AvgIpc) is 2.40. The van der Waals surface area contributed by atoms with Crippen molar-refractivity contribution < 1.29 is 23.2 Å². The molecule has 100 valence electrons. The molecule has 0 heterocycles. The predicted octanol–water partition coefficient (Wildman–Crippen LogP) is 0.789. The number of aliphatic carboxylic acids is 1. The SMILES string of the molecule is CO[Si](OC)(OC)c1ccc(CCC(=O)O)cc1. The van der Waals surface area contributed by atoms with E-state index in [4.69, 9.17) is 18.4 Å². The van der Waals surface area contributed by atoms with Crippen molar-refractivity contribution in [3.8, 4) is 0 Å². The van der Waals surface area contributed by atoms with Gasteiger partial charge in [-0.3, -0.25) is 4.79 Å². The van der Waals surface area contributed by atoms with Gasteiger partial charge in [0.05, 0.1) is 0 Å². The molecule has 0 saturated heterocycles. The zero-order valence-electron chi connectivity index (χ0n) is 10.8. The largest absolute Gasteiger partial charge is 0.536 e. The van der Waals surface area contributed by atoms with E-state index >= 15 is 0 Å². The maximum Gasteiger partial charge on any atom is 0.536 e. The number of hydrogen-bond acceptors (Lipinski definition) is 4. The van der Waals surface area contributed by atoms with E-state index in [1.165, 1.54) is 0 Å². The van der Waals surface area contributed by atoms with Crippen molar-refractivity contribution >= 4 is 20.0 Å². The van der Waals surface area contributed by atoms with Gasteiger partial charge in [-0.15, -0.1) is 0 Å². The molecule has 5 nitrogen and oxygen atoms in total. The van der Waals surface area contributed by atoms with Crippen LogP contribution in [0, 0.1) is 0 Å². The second kappa shape index (κ2) is 6.65. The van der Waals surface area contributed by atoms with Gasteiger partial charge in [0.1, 0.15) is 0 Å². The van der Waals surface area contributed by atoms with Gasteiger partial charge in [0.25, 0.3) is 0 Å². The smallest absolute Gasteiger partial charge is 0.481 e. The Morgan fingerprint density at radius 1 is 1.11 bits per heavy atom. The van der Waals surface area contributed by atoms with Crippen molar-refractivity contribution in [3.05, 3.63) is 29.8 Å². The second-order valence-corrected chi connectivity index (χ2v) is 6.67. The van der Waals surface area contributed by atoms with E-state index in [0.717, 1.165) is 10.8 Å². The summed E-state index contributed by atoms with van der Waals surface area (Å²) in [4.78, 5) is 10.5. The molecule has 1 N–H and O–H groups in total. The molecule has 0 unspecified atom stereocenters. The summed E-state index contributed by atoms with van der Waals surface area (Å²) in [6.45, 7) is 0. The normalized spacial score (nSPS) is 11.5. The van der Waals surface area contributed by atoms with Crippen molar-refractivity contribution in [2.75, 3.05) is 21.3 Å². The Morgan fingerprint density at radius 2 is 1.61 bits per heavy atom. The quantitative estimate of drug-likeness (QED) is 0.742. The van der Waals surface area contributed by atoms with Gasteiger partial charge in [0, 0.05) is 32.9 Å². The Morgan fingerprint density at radius 3 is 2.00 bits per heavy atom. The van der Waals surface area contributed by atoms with Crippen LogP contribution in [0.5, 0.6) is 0 Å². The van der Waals surface area contributed by atoms with Crippen LogP contribution >= 0.6 is 0 Å². The van der Waals surface area contributed by atoms with Crippen LogP contribution in [0.25, 0.3) is 0 Å². The first-order valence-electron chi connectivity index (χ1n) is 5.54. The van der Waals surface area contributed by atoms with Crippen molar-refractivity contribution in [2.45, 2.75) is 12.8 Å². The molecule has 0 atom stereocenters. The van der Waals surface area contributed by atoms with E-state index in [1.807, 2.05) is 24.3 Å². The summed E-state index contributed by atoms with van der Waals surface area (Å²) in [7, 11) is 1.88. The molecule has 0 spiro atoms. The van der Waals surface area contributed by atoms with Crippen molar-refractivity contribution in [3.63, 3.8) is 0 Å². The Kier molecular flexibility index (Phi) is 5.48. The standard InChI is InChI=1S/C12H18O5Si/c1-15-18(16-2,17-3)11-7-4-10(5-8-11)6-9-12(13)14/h4-5,7-8H,6,9H2,1-3H3,(H,13,14). The molecule has 18 heavy (non-hydrogen) atoms. The van der Waals surface area contributed by atoms with E-state index < -0.39 is 14.8 Å². The van der Waals surface area contributed by atoms with Crippen LogP contribution in [0.3, 0.4) is 0 Å². The molecule has 0 aliphatic carbocycles. The zero-order valence-corrected chi connectivity index (χ0v) is 11.8. The van der Waals surface area contributed by atoms with Gasteiger partial charge >= 0.3 is 14.8 Å². The number of hydrogen-bond donors (Lipinski definition) is 1. The molecule has 0 aliphatic rings. The number of carboxylic acids is 1. The van der Waals surface area contributed by atoms with E-state index in [1.54, 1.807) is 21.3 Å². The van der Waals surface area contributed by atoms with Gasteiger partial charge in [-0.05, 0) is 12.0 Å². The number of carboxylic acid groups (broad SMARTS) is 1. The fraction of sp³-hybridized carbons (Fsp3) is 0.417. The van der Waals surface area contributed by atoms with Gasteiger partial charge in [0.2, 0.25) is 0 Å². The summed E-state index contributed by atoms with van der Waals surface area (Å²) >= 11 is 0.